The first kappa shape index (κ1) is 21.6. The third-order valence-corrected chi connectivity index (χ3v) is 6.26. The van der Waals surface area contributed by atoms with Crippen molar-refractivity contribution in [3.8, 4) is 0 Å². The predicted molar refractivity (Wildman–Crippen MR) is 110 cm³/mol. The van der Waals surface area contributed by atoms with E-state index in [0.29, 0.717) is 13.1 Å². The van der Waals surface area contributed by atoms with E-state index in [-0.39, 0.29) is 35.5 Å². The van der Waals surface area contributed by atoms with Crippen molar-refractivity contribution in [1.29, 1.82) is 0 Å². The molecule has 0 saturated carbocycles. The number of hydrogen-bond acceptors (Lipinski definition) is 6. The van der Waals surface area contributed by atoms with Gasteiger partial charge in [0.2, 0.25) is 0 Å². The highest BCUT2D eigenvalue weighted by atomic mass is 127. The Morgan fingerprint density at radius 1 is 1.33 bits per heavy atom. The van der Waals surface area contributed by atoms with Crippen molar-refractivity contribution in [1.82, 2.24) is 20.5 Å². The topological polar surface area (TPSA) is 86.7 Å². The molecule has 0 atom stereocenters. The summed E-state index contributed by atoms with van der Waals surface area (Å²) in [5, 5.41) is 7.65. The Morgan fingerprint density at radius 3 is 2.58 bits per heavy atom. The van der Waals surface area contributed by atoms with Crippen LogP contribution in [0.25, 0.3) is 0 Å². The smallest absolute Gasteiger partial charge is 0.191 e. The minimum absolute atomic E-state index is 0. The summed E-state index contributed by atoms with van der Waals surface area (Å²) in [6, 6.07) is 0. The third-order valence-electron chi connectivity index (χ3n) is 3.68. The zero-order valence-corrected chi connectivity index (χ0v) is 18.1. The highest BCUT2D eigenvalue weighted by molar-refractivity contribution is 14.0. The Bertz CT molecular complexity index is 619. The van der Waals surface area contributed by atoms with Gasteiger partial charge in [0.05, 0.1) is 16.5 Å². The molecule has 0 amide bonds. The Hall–Kier alpha value is -0.460. The molecule has 1 fully saturated rings. The molecule has 0 aliphatic carbocycles. The normalized spacial score (nSPS) is 18.0. The van der Waals surface area contributed by atoms with Gasteiger partial charge in [0.25, 0.3) is 0 Å². The molecule has 10 heteroatoms. The van der Waals surface area contributed by atoms with Crippen molar-refractivity contribution in [2.75, 3.05) is 51.3 Å². The first-order valence-electron chi connectivity index (χ1n) is 7.77. The van der Waals surface area contributed by atoms with Crippen LogP contribution in [-0.4, -0.2) is 75.5 Å². The fourth-order valence-corrected chi connectivity index (χ4v) is 4.40. The largest absolute Gasteiger partial charge is 0.356 e. The number of halogens is 1. The maximum absolute atomic E-state index is 11.4. The molecular weight excluding hydrogens is 461 g/mol. The minimum Gasteiger partial charge on any atom is -0.356 e. The monoisotopic (exact) mass is 487 g/mol. The van der Waals surface area contributed by atoms with Crippen LogP contribution in [0.3, 0.4) is 0 Å². The van der Waals surface area contributed by atoms with Gasteiger partial charge in [-0.1, -0.05) is 0 Å². The molecule has 1 saturated heterocycles. The zero-order chi connectivity index (χ0) is 16.7. The number of aliphatic imine (C=N–C) groups is 1. The van der Waals surface area contributed by atoms with E-state index in [0.717, 1.165) is 37.0 Å². The number of aryl methyl sites for hydroxylation is 1. The first-order chi connectivity index (χ1) is 11.0. The van der Waals surface area contributed by atoms with E-state index in [9.17, 15) is 8.42 Å². The summed E-state index contributed by atoms with van der Waals surface area (Å²) < 4.78 is 22.8. The summed E-state index contributed by atoms with van der Waals surface area (Å²) in [5.74, 6) is 1.31. The molecule has 0 bridgehead atoms. The van der Waals surface area contributed by atoms with Gasteiger partial charge in [-0.05, 0) is 6.92 Å². The van der Waals surface area contributed by atoms with Crippen LogP contribution in [0.15, 0.2) is 11.2 Å². The molecular formula is C14H26IN5O2S2. The van der Waals surface area contributed by atoms with E-state index >= 15 is 0 Å². The predicted octanol–water partition coefficient (Wildman–Crippen LogP) is 0.507. The molecule has 0 unspecified atom stereocenters. The van der Waals surface area contributed by atoms with Crippen molar-refractivity contribution in [3.05, 3.63) is 16.1 Å². The van der Waals surface area contributed by atoms with Crippen molar-refractivity contribution in [3.63, 3.8) is 0 Å². The second-order valence-corrected chi connectivity index (χ2v) is 9.16. The SMILES string of the molecule is CN=C(NCCc1ncc(C)s1)NCCN1CCS(=O)(=O)CC1.I. The van der Waals surface area contributed by atoms with Crippen molar-refractivity contribution >= 4 is 51.1 Å². The lowest BCUT2D eigenvalue weighted by molar-refractivity contribution is 0.299. The number of thiazole rings is 1. The van der Waals surface area contributed by atoms with Gasteiger partial charge in [-0.15, -0.1) is 35.3 Å². The standard InChI is InChI=1S/C14H25N5O2S2.HI/c1-12-11-18-13(22-12)3-4-16-14(15-2)17-5-6-19-7-9-23(20,21)10-8-19;/h11H,3-10H2,1-2H3,(H2,15,16,17);1H. The molecule has 2 rings (SSSR count). The summed E-state index contributed by atoms with van der Waals surface area (Å²) in [6.07, 6.45) is 2.77. The van der Waals surface area contributed by atoms with Gasteiger partial charge in [-0.3, -0.25) is 9.89 Å². The molecule has 1 aliphatic rings. The summed E-state index contributed by atoms with van der Waals surface area (Å²) in [7, 11) is -1.06. The van der Waals surface area contributed by atoms with Gasteiger partial charge in [-0.25, -0.2) is 13.4 Å². The quantitative estimate of drug-likeness (QED) is 0.346. The number of nitrogens with zero attached hydrogens (tertiary/aromatic N) is 3. The average molecular weight is 487 g/mol. The number of nitrogens with one attached hydrogen (secondary N) is 2. The summed E-state index contributed by atoms with van der Waals surface area (Å²) in [6.45, 7) is 5.66. The highest BCUT2D eigenvalue weighted by Gasteiger charge is 2.20. The van der Waals surface area contributed by atoms with Crippen LogP contribution in [0.2, 0.25) is 0 Å². The Labute approximate surface area is 165 Å². The number of rotatable bonds is 6. The molecule has 2 N–H and O–H groups in total. The van der Waals surface area contributed by atoms with Crippen LogP contribution in [0.5, 0.6) is 0 Å². The van der Waals surface area contributed by atoms with E-state index in [1.165, 1.54) is 4.88 Å². The third kappa shape index (κ3) is 7.62. The fraction of sp³-hybridized carbons (Fsp3) is 0.714. The Morgan fingerprint density at radius 2 is 2.00 bits per heavy atom. The van der Waals surface area contributed by atoms with Crippen molar-refractivity contribution < 1.29 is 8.42 Å². The van der Waals surface area contributed by atoms with Gasteiger partial charge in [-0.2, -0.15) is 0 Å². The Balaban J connectivity index is 0.00000288. The van der Waals surface area contributed by atoms with Crippen LogP contribution in [-0.2, 0) is 16.3 Å². The molecule has 1 aliphatic heterocycles. The molecule has 2 heterocycles. The average Bonchev–Trinajstić information content (AvgIpc) is 2.93. The van der Waals surface area contributed by atoms with Gasteiger partial charge in [0, 0.05) is 57.3 Å². The number of aromatic nitrogens is 1. The number of sulfone groups is 1. The summed E-state index contributed by atoms with van der Waals surface area (Å²) in [4.78, 5) is 11.9. The molecule has 24 heavy (non-hydrogen) atoms. The molecule has 7 nitrogen and oxygen atoms in total. The van der Waals surface area contributed by atoms with Crippen LogP contribution in [0, 0.1) is 6.92 Å². The minimum atomic E-state index is -2.80. The summed E-state index contributed by atoms with van der Waals surface area (Å²) in [5.41, 5.74) is 0. The molecule has 0 spiro atoms. The zero-order valence-electron chi connectivity index (χ0n) is 14.1. The van der Waals surface area contributed by atoms with E-state index in [1.807, 2.05) is 6.20 Å². The molecule has 0 aromatic carbocycles. The lowest BCUT2D eigenvalue weighted by atomic mass is 10.4. The lowest BCUT2D eigenvalue weighted by Gasteiger charge is -2.26. The van der Waals surface area contributed by atoms with Crippen LogP contribution in [0.1, 0.15) is 9.88 Å². The Kier molecular flexibility index (Phi) is 9.45. The number of hydrogen-bond donors (Lipinski definition) is 2. The number of guanidine groups is 1. The second kappa shape index (κ2) is 10.5. The maximum atomic E-state index is 11.4. The van der Waals surface area contributed by atoms with Crippen LogP contribution >= 0.6 is 35.3 Å². The maximum Gasteiger partial charge on any atom is 0.191 e. The van der Waals surface area contributed by atoms with Gasteiger partial charge < -0.3 is 10.6 Å². The fourth-order valence-electron chi connectivity index (χ4n) is 2.33. The molecule has 1 aromatic rings. The van der Waals surface area contributed by atoms with E-state index in [2.05, 4.69) is 32.4 Å². The van der Waals surface area contributed by atoms with Crippen LogP contribution < -0.4 is 10.6 Å². The molecule has 138 valence electrons. The second-order valence-electron chi connectivity index (χ2n) is 5.53. The van der Waals surface area contributed by atoms with Crippen LogP contribution in [0.4, 0.5) is 0 Å². The molecule has 0 radical (unpaired) electrons. The van der Waals surface area contributed by atoms with E-state index in [1.54, 1.807) is 18.4 Å². The molecule has 1 aromatic heterocycles. The van der Waals surface area contributed by atoms with E-state index in [4.69, 9.17) is 0 Å². The highest BCUT2D eigenvalue weighted by Crippen LogP contribution is 2.10. The van der Waals surface area contributed by atoms with Gasteiger partial charge in [0.15, 0.2) is 15.8 Å². The van der Waals surface area contributed by atoms with Gasteiger partial charge >= 0.3 is 0 Å². The van der Waals surface area contributed by atoms with Crippen molar-refractivity contribution in [2.45, 2.75) is 13.3 Å². The first-order valence-corrected chi connectivity index (χ1v) is 10.4. The van der Waals surface area contributed by atoms with Gasteiger partial charge in [0.1, 0.15) is 0 Å². The lowest BCUT2D eigenvalue weighted by Crippen LogP contribution is -2.46. The van der Waals surface area contributed by atoms with Crippen molar-refractivity contribution in [2.24, 2.45) is 4.99 Å². The van der Waals surface area contributed by atoms with E-state index < -0.39 is 9.84 Å². The summed E-state index contributed by atoms with van der Waals surface area (Å²) >= 11 is 1.72.